The smallest absolute Gasteiger partial charge is 0.269 e. The van der Waals surface area contributed by atoms with Crippen molar-refractivity contribution in [3.05, 3.63) is 90.2 Å². The van der Waals surface area contributed by atoms with E-state index in [1.807, 2.05) is 30.3 Å². The van der Waals surface area contributed by atoms with Gasteiger partial charge < -0.3 is 0 Å². The van der Waals surface area contributed by atoms with Crippen LogP contribution in [0.25, 0.3) is 0 Å². The second-order valence-corrected chi connectivity index (χ2v) is 7.63. The van der Waals surface area contributed by atoms with Gasteiger partial charge in [0.15, 0.2) is 0 Å². The summed E-state index contributed by atoms with van der Waals surface area (Å²) in [5, 5.41) is 1.56. The molecule has 0 fully saturated rings. The van der Waals surface area contributed by atoms with Crippen LogP contribution in [0.1, 0.15) is 10.4 Å². The molecule has 3 aromatic rings. The lowest BCUT2D eigenvalue weighted by Crippen LogP contribution is -2.39. The number of nitrogens with one attached hydrogen (secondary N) is 2. The van der Waals surface area contributed by atoms with Crippen molar-refractivity contribution in [2.75, 3.05) is 16.8 Å². The molecular formula is C20H18FN3O3S. The fourth-order valence-electron chi connectivity index (χ4n) is 2.47. The number of rotatable bonds is 6. The molecule has 0 unspecified atom stereocenters. The van der Waals surface area contributed by atoms with Crippen molar-refractivity contribution in [3.8, 4) is 0 Å². The number of hydrogen-bond donors (Lipinski definition) is 2. The molecule has 0 aliphatic heterocycles. The van der Waals surface area contributed by atoms with Gasteiger partial charge >= 0.3 is 0 Å². The van der Waals surface area contributed by atoms with Gasteiger partial charge in [-0.05, 0) is 48.5 Å². The van der Waals surface area contributed by atoms with Crippen LogP contribution >= 0.6 is 0 Å². The van der Waals surface area contributed by atoms with Crippen LogP contribution in [-0.4, -0.2) is 21.4 Å². The second-order valence-electron chi connectivity index (χ2n) is 5.95. The predicted octanol–water partition coefficient (Wildman–Crippen LogP) is 3.41. The molecule has 0 aliphatic carbocycles. The molecule has 0 atom stereocenters. The van der Waals surface area contributed by atoms with Crippen LogP contribution in [0.2, 0.25) is 0 Å². The largest absolute Gasteiger partial charge is 0.288 e. The topological polar surface area (TPSA) is 78.5 Å². The van der Waals surface area contributed by atoms with E-state index in [1.165, 1.54) is 42.5 Å². The number of anilines is 2. The van der Waals surface area contributed by atoms with Crippen LogP contribution in [0.15, 0.2) is 83.8 Å². The van der Waals surface area contributed by atoms with Gasteiger partial charge in [0.25, 0.3) is 15.9 Å². The fraction of sp³-hybridized carbons (Fsp3) is 0.0500. The lowest BCUT2D eigenvalue weighted by Gasteiger charge is -2.20. The Balaban J connectivity index is 1.72. The number of hydrazine groups is 1. The van der Waals surface area contributed by atoms with E-state index >= 15 is 0 Å². The Morgan fingerprint density at radius 3 is 2.14 bits per heavy atom. The first-order valence-corrected chi connectivity index (χ1v) is 9.82. The number of sulfonamides is 1. The Morgan fingerprint density at radius 1 is 0.893 bits per heavy atom. The summed E-state index contributed by atoms with van der Waals surface area (Å²) in [5.74, 6) is -1.07. The molecule has 0 aromatic heterocycles. The van der Waals surface area contributed by atoms with E-state index in [0.29, 0.717) is 0 Å². The van der Waals surface area contributed by atoms with E-state index in [4.69, 9.17) is 0 Å². The Hall–Kier alpha value is -3.39. The molecule has 0 bridgehead atoms. The summed E-state index contributed by atoms with van der Waals surface area (Å²) in [6.45, 7) is 0. The molecule has 2 N–H and O–H groups in total. The van der Waals surface area contributed by atoms with E-state index in [-0.39, 0.29) is 16.1 Å². The highest BCUT2D eigenvalue weighted by atomic mass is 32.2. The Kier molecular flexibility index (Phi) is 5.60. The third-order valence-electron chi connectivity index (χ3n) is 3.96. The third kappa shape index (κ3) is 4.47. The minimum atomic E-state index is -3.98. The van der Waals surface area contributed by atoms with E-state index in [2.05, 4.69) is 10.1 Å². The predicted molar refractivity (Wildman–Crippen MR) is 106 cm³/mol. The normalized spacial score (nSPS) is 10.9. The lowest BCUT2D eigenvalue weighted by molar-refractivity contribution is 0.0951. The van der Waals surface area contributed by atoms with Crippen LogP contribution in [0.3, 0.4) is 0 Å². The van der Waals surface area contributed by atoms with Gasteiger partial charge in [-0.25, -0.2) is 12.8 Å². The average Bonchev–Trinajstić information content (AvgIpc) is 2.70. The number of benzene rings is 3. The first-order chi connectivity index (χ1) is 13.4. The van der Waals surface area contributed by atoms with Crippen molar-refractivity contribution in [2.45, 2.75) is 4.90 Å². The molecule has 0 spiro atoms. The standard InChI is InChI=1S/C20H18FN3O3S/c1-24(16-7-3-2-4-8-16)22-20(25)15-11-13-17(14-12-15)28(26,27)23-19-10-6-5-9-18(19)21/h2-14,23H,1H3,(H,22,25). The molecule has 0 saturated heterocycles. The van der Waals surface area contributed by atoms with E-state index < -0.39 is 21.7 Å². The maximum absolute atomic E-state index is 13.7. The van der Waals surface area contributed by atoms with Crippen molar-refractivity contribution in [2.24, 2.45) is 0 Å². The van der Waals surface area contributed by atoms with Crippen molar-refractivity contribution >= 4 is 27.3 Å². The Morgan fingerprint density at radius 2 is 1.50 bits per heavy atom. The average molecular weight is 399 g/mol. The highest BCUT2D eigenvalue weighted by Crippen LogP contribution is 2.19. The minimum absolute atomic E-state index is 0.0799. The summed E-state index contributed by atoms with van der Waals surface area (Å²) < 4.78 is 40.7. The van der Waals surface area contributed by atoms with Crippen molar-refractivity contribution in [3.63, 3.8) is 0 Å². The molecule has 0 radical (unpaired) electrons. The number of hydrogen-bond acceptors (Lipinski definition) is 4. The van der Waals surface area contributed by atoms with Crippen LogP contribution in [-0.2, 0) is 10.0 Å². The molecule has 3 aromatic carbocycles. The number of nitrogens with zero attached hydrogens (tertiary/aromatic N) is 1. The van der Waals surface area contributed by atoms with Crippen molar-refractivity contribution < 1.29 is 17.6 Å². The molecule has 3 rings (SSSR count). The monoisotopic (exact) mass is 399 g/mol. The second kappa shape index (κ2) is 8.10. The number of para-hydroxylation sites is 2. The van der Waals surface area contributed by atoms with Crippen LogP contribution in [0.5, 0.6) is 0 Å². The summed E-state index contributed by atoms with van der Waals surface area (Å²) in [7, 11) is -2.28. The first-order valence-electron chi connectivity index (χ1n) is 8.34. The zero-order chi connectivity index (χ0) is 20.1. The maximum Gasteiger partial charge on any atom is 0.269 e. The number of carbonyl (C=O) groups excluding carboxylic acids is 1. The van der Waals surface area contributed by atoms with Gasteiger partial charge in [0.1, 0.15) is 5.82 Å². The number of amides is 1. The molecule has 6 nitrogen and oxygen atoms in total. The van der Waals surface area contributed by atoms with Gasteiger partial charge in [0.05, 0.1) is 16.3 Å². The van der Waals surface area contributed by atoms with E-state index in [1.54, 1.807) is 12.1 Å². The van der Waals surface area contributed by atoms with Gasteiger partial charge in [0, 0.05) is 12.6 Å². The van der Waals surface area contributed by atoms with Gasteiger partial charge in [-0.1, -0.05) is 30.3 Å². The molecular weight excluding hydrogens is 381 g/mol. The fourth-order valence-corrected chi connectivity index (χ4v) is 3.53. The maximum atomic E-state index is 13.7. The van der Waals surface area contributed by atoms with Crippen LogP contribution in [0, 0.1) is 5.82 Å². The van der Waals surface area contributed by atoms with Gasteiger partial charge in [-0.2, -0.15) is 0 Å². The van der Waals surface area contributed by atoms with Crippen LogP contribution < -0.4 is 15.2 Å². The summed E-state index contributed by atoms with van der Waals surface area (Å²) in [6, 6.07) is 20.1. The molecule has 0 saturated carbocycles. The summed E-state index contributed by atoms with van der Waals surface area (Å²) in [4.78, 5) is 12.3. The third-order valence-corrected chi connectivity index (χ3v) is 5.34. The molecule has 8 heteroatoms. The van der Waals surface area contributed by atoms with Crippen molar-refractivity contribution in [1.82, 2.24) is 5.43 Å². The Labute approximate surface area is 162 Å². The highest BCUT2D eigenvalue weighted by Gasteiger charge is 2.17. The van der Waals surface area contributed by atoms with Crippen LogP contribution in [0.4, 0.5) is 15.8 Å². The summed E-state index contributed by atoms with van der Waals surface area (Å²) in [6.07, 6.45) is 0. The highest BCUT2D eigenvalue weighted by molar-refractivity contribution is 7.92. The Bertz CT molecular complexity index is 1070. The van der Waals surface area contributed by atoms with E-state index in [9.17, 15) is 17.6 Å². The summed E-state index contributed by atoms with van der Waals surface area (Å²) in [5.41, 5.74) is 3.63. The first kappa shape index (κ1) is 19.4. The molecule has 144 valence electrons. The van der Waals surface area contributed by atoms with Gasteiger partial charge in [-0.15, -0.1) is 0 Å². The zero-order valence-electron chi connectivity index (χ0n) is 15.0. The van der Waals surface area contributed by atoms with Crippen molar-refractivity contribution in [1.29, 1.82) is 0 Å². The zero-order valence-corrected chi connectivity index (χ0v) is 15.8. The van der Waals surface area contributed by atoms with E-state index in [0.717, 1.165) is 11.8 Å². The van der Waals surface area contributed by atoms with Gasteiger partial charge in [0.2, 0.25) is 0 Å². The number of carbonyl (C=O) groups is 1. The number of halogens is 1. The molecule has 0 heterocycles. The molecule has 1 amide bonds. The minimum Gasteiger partial charge on any atom is -0.288 e. The molecule has 0 aliphatic rings. The summed E-state index contributed by atoms with van der Waals surface area (Å²) >= 11 is 0. The molecule has 28 heavy (non-hydrogen) atoms. The SMILES string of the molecule is CN(NC(=O)c1ccc(S(=O)(=O)Nc2ccccc2F)cc1)c1ccccc1. The lowest BCUT2D eigenvalue weighted by atomic mass is 10.2. The van der Waals surface area contributed by atoms with Gasteiger partial charge in [-0.3, -0.25) is 20.0 Å². The quantitative estimate of drug-likeness (QED) is 0.623.